The topological polar surface area (TPSA) is 46.4 Å². The molecule has 1 amide bonds. The first-order valence-electron chi connectivity index (χ1n) is 6.26. The van der Waals surface area contributed by atoms with Gasteiger partial charge in [-0.2, -0.15) is 0 Å². The molecule has 3 heterocycles. The van der Waals surface area contributed by atoms with Crippen molar-refractivity contribution in [2.75, 3.05) is 5.32 Å². The molecule has 98 valence electrons. The molecule has 1 aliphatic rings. The van der Waals surface area contributed by atoms with Gasteiger partial charge in [-0.1, -0.05) is 6.07 Å². The quantitative estimate of drug-likeness (QED) is 0.745. The number of carbonyl (C=O) groups excluding carboxylic acids is 1. The molecule has 0 saturated heterocycles. The highest BCUT2D eigenvalue weighted by molar-refractivity contribution is 9.10. The molecule has 0 fully saturated rings. The van der Waals surface area contributed by atoms with E-state index in [9.17, 15) is 4.79 Å². The molecule has 0 unspecified atom stereocenters. The second kappa shape index (κ2) is 4.18. The Bertz CT molecular complexity index is 853. The van der Waals surface area contributed by atoms with Crippen LogP contribution in [0.15, 0.2) is 47.2 Å². The number of benzene rings is 1. The van der Waals surface area contributed by atoms with Crippen molar-refractivity contribution in [2.24, 2.45) is 0 Å². The first-order valence-corrected chi connectivity index (χ1v) is 7.06. The van der Waals surface area contributed by atoms with E-state index in [1.54, 1.807) is 0 Å². The fourth-order valence-electron chi connectivity index (χ4n) is 2.49. The lowest BCUT2D eigenvalue weighted by atomic mass is 10.1. The lowest BCUT2D eigenvalue weighted by Gasteiger charge is -2.00. The first-order chi connectivity index (χ1) is 9.69. The summed E-state index contributed by atoms with van der Waals surface area (Å²) in [4.78, 5) is 16.0. The Morgan fingerprint density at radius 1 is 1.20 bits per heavy atom. The number of hydrogen-bond donors (Lipinski definition) is 1. The maximum Gasteiger partial charge on any atom is 0.228 e. The van der Waals surface area contributed by atoms with Gasteiger partial charge in [0.1, 0.15) is 5.65 Å². The molecule has 1 aromatic carbocycles. The van der Waals surface area contributed by atoms with Crippen LogP contribution < -0.4 is 5.32 Å². The van der Waals surface area contributed by atoms with Crippen molar-refractivity contribution in [2.45, 2.75) is 6.42 Å². The Morgan fingerprint density at radius 2 is 2.10 bits per heavy atom. The Balaban J connectivity index is 1.83. The van der Waals surface area contributed by atoms with Crippen LogP contribution in [0.3, 0.4) is 0 Å². The average Bonchev–Trinajstić information content (AvgIpc) is 2.99. The molecule has 0 aliphatic carbocycles. The minimum atomic E-state index is 0.0519. The number of fused-ring (bicyclic) bond motifs is 2. The van der Waals surface area contributed by atoms with Gasteiger partial charge < -0.3 is 9.72 Å². The molecule has 0 saturated carbocycles. The maximum absolute atomic E-state index is 11.4. The fraction of sp³-hybridized carbons (Fsp3) is 0.0667. The van der Waals surface area contributed by atoms with Gasteiger partial charge in [0.2, 0.25) is 5.91 Å². The summed E-state index contributed by atoms with van der Waals surface area (Å²) in [5.41, 5.74) is 4.78. The SMILES string of the molecule is O=C1Cc2cc(-c3cn4cc(Br)ccc4n3)ccc2N1. The zero-order chi connectivity index (χ0) is 13.7. The highest BCUT2D eigenvalue weighted by Crippen LogP contribution is 2.29. The molecule has 0 bridgehead atoms. The van der Waals surface area contributed by atoms with Crippen molar-refractivity contribution in [3.63, 3.8) is 0 Å². The molecule has 2 aromatic heterocycles. The van der Waals surface area contributed by atoms with Crippen molar-refractivity contribution in [3.8, 4) is 11.3 Å². The Kier molecular flexibility index (Phi) is 2.44. The number of rotatable bonds is 1. The highest BCUT2D eigenvalue weighted by atomic mass is 79.9. The van der Waals surface area contributed by atoms with Gasteiger partial charge >= 0.3 is 0 Å². The van der Waals surface area contributed by atoms with E-state index >= 15 is 0 Å². The van der Waals surface area contributed by atoms with Crippen molar-refractivity contribution in [1.29, 1.82) is 0 Å². The Morgan fingerprint density at radius 3 is 3.00 bits per heavy atom. The maximum atomic E-state index is 11.4. The molecule has 20 heavy (non-hydrogen) atoms. The van der Waals surface area contributed by atoms with E-state index in [0.29, 0.717) is 6.42 Å². The second-order valence-corrected chi connectivity index (χ2v) is 5.75. The minimum absolute atomic E-state index is 0.0519. The lowest BCUT2D eigenvalue weighted by Crippen LogP contribution is -2.03. The number of imidazole rings is 1. The van der Waals surface area contributed by atoms with Gasteiger partial charge in [-0.05, 0) is 45.8 Å². The summed E-state index contributed by atoms with van der Waals surface area (Å²) in [5, 5.41) is 2.84. The van der Waals surface area contributed by atoms with E-state index in [1.807, 2.05) is 47.1 Å². The predicted octanol–water partition coefficient (Wildman–Crippen LogP) is 3.26. The number of nitrogens with one attached hydrogen (secondary N) is 1. The van der Waals surface area contributed by atoms with Crippen molar-refractivity contribution in [3.05, 3.63) is 52.8 Å². The average molecular weight is 328 g/mol. The third kappa shape index (κ3) is 1.82. The van der Waals surface area contributed by atoms with E-state index in [2.05, 4.69) is 26.2 Å². The predicted molar refractivity (Wildman–Crippen MR) is 80.7 cm³/mol. The van der Waals surface area contributed by atoms with E-state index < -0.39 is 0 Å². The van der Waals surface area contributed by atoms with Gasteiger partial charge in [0, 0.05) is 28.1 Å². The molecule has 3 aromatic rings. The zero-order valence-corrected chi connectivity index (χ0v) is 12.0. The van der Waals surface area contributed by atoms with Crippen LogP contribution in [0.1, 0.15) is 5.56 Å². The van der Waals surface area contributed by atoms with E-state index in [-0.39, 0.29) is 5.91 Å². The standard InChI is InChI=1S/C15H10BrN3O/c16-11-2-4-14-17-13(8-19(14)7-11)9-1-3-12-10(5-9)6-15(20)18-12/h1-5,7-8H,6H2,(H,18,20). The monoisotopic (exact) mass is 327 g/mol. The largest absolute Gasteiger partial charge is 0.326 e. The van der Waals surface area contributed by atoms with Gasteiger partial charge in [0.05, 0.1) is 12.1 Å². The second-order valence-electron chi connectivity index (χ2n) is 4.84. The van der Waals surface area contributed by atoms with Crippen LogP contribution in [0.25, 0.3) is 16.9 Å². The van der Waals surface area contributed by atoms with E-state index in [0.717, 1.165) is 32.6 Å². The summed E-state index contributed by atoms with van der Waals surface area (Å²) in [7, 11) is 0. The van der Waals surface area contributed by atoms with Gasteiger partial charge in [-0.15, -0.1) is 0 Å². The number of aromatic nitrogens is 2. The van der Waals surface area contributed by atoms with Gasteiger partial charge in [-0.3, -0.25) is 4.79 Å². The summed E-state index contributed by atoms with van der Waals surface area (Å²) in [5.74, 6) is 0.0519. The number of anilines is 1. The van der Waals surface area contributed by atoms with Crippen LogP contribution in [0, 0.1) is 0 Å². The Hall–Kier alpha value is -2.14. The van der Waals surface area contributed by atoms with Crippen molar-refractivity contribution in [1.82, 2.24) is 9.38 Å². The summed E-state index contributed by atoms with van der Waals surface area (Å²) in [6.07, 6.45) is 4.42. The smallest absolute Gasteiger partial charge is 0.228 e. The van der Waals surface area contributed by atoms with Crippen molar-refractivity contribution < 1.29 is 4.79 Å². The Labute approximate surface area is 123 Å². The summed E-state index contributed by atoms with van der Waals surface area (Å²) >= 11 is 3.45. The van der Waals surface area contributed by atoms with Crippen LogP contribution >= 0.6 is 15.9 Å². The molecule has 0 atom stereocenters. The molecule has 4 rings (SSSR count). The molecule has 5 heteroatoms. The number of halogens is 1. The van der Waals surface area contributed by atoms with Crippen LogP contribution in [-0.2, 0) is 11.2 Å². The van der Waals surface area contributed by atoms with E-state index in [4.69, 9.17) is 0 Å². The van der Waals surface area contributed by atoms with Crippen LogP contribution in [-0.4, -0.2) is 15.3 Å². The summed E-state index contributed by atoms with van der Waals surface area (Å²) < 4.78 is 2.99. The molecule has 4 nitrogen and oxygen atoms in total. The van der Waals surface area contributed by atoms with Gasteiger partial charge in [-0.25, -0.2) is 4.98 Å². The molecule has 1 aliphatic heterocycles. The van der Waals surface area contributed by atoms with Gasteiger partial charge in [0.15, 0.2) is 0 Å². The van der Waals surface area contributed by atoms with E-state index in [1.165, 1.54) is 0 Å². The molecular weight excluding hydrogens is 318 g/mol. The third-order valence-corrected chi connectivity index (χ3v) is 3.91. The molecule has 1 N–H and O–H groups in total. The van der Waals surface area contributed by atoms with Gasteiger partial charge in [0.25, 0.3) is 0 Å². The number of amides is 1. The number of carbonyl (C=O) groups is 1. The number of hydrogen-bond acceptors (Lipinski definition) is 2. The van der Waals surface area contributed by atoms with Crippen LogP contribution in [0.5, 0.6) is 0 Å². The zero-order valence-electron chi connectivity index (χ0n) is 10.4. The summed E-state index contributed by atoms with van der Waals surface area (Å²) in [6, 6.07) is 9.89. The van der Waals surface area contributed by atoms with Crippen LogP contribution in [0.2, 0.25) is 0 Å². The summed E-state index contributed by atoms with van der Waals surface area (Å²) in [6.45, 7) is 0. The molecular formula is C15H10BrN3O. The number of pyridine rings is 1. The van der Waals surface area contributed by atoms with Crippen molar-refractivity contribution >= 4 is 33.2 Å². The number of nitrogens with zero attached hydrogens (tertiary/aromatic N) is 2. The third-order valence-electron chi connectivity index (χ3n) is 3.44. The lowest BCUT2D eigenvalue weighted by molar-refractivity contribution is -0.115. The fourth-order valence-corrected chi connectivity index (χ4v) is 2.85. The first kappa shape index (κ1) is 11.7. The van der Waals surface area contributed by atoms with Crippen LogP contribution in [0.4, 0.5) is 5.69 Å². The minimum Gasteiger partial charge on any atom is -0.326 e. The molecule has 0 radical (unpaired) electrons. The highest BCUT2D eigenvalue weighted by Gasteiger charge is 2.18. The molecule has 0 spiro atoms. The normalized spacial score (nSPS) is 13.6.